The molecule has 34 heavy (non-hydrogen) atoms. The van der Waals surface area contributed by atoms with E-state index in [9.17, 15) is 18.8 Å². The highest BCUT2D eigenvalue weighted by Crippen LogP contribution is 2.31. The van der Waals surface area contributed by atoms with Crippen LogP contribution in [0.2, 0.25) is 0 Å². The maximum absolute atomic E-state index is 14.1. The van der Waals surface area contributed by atoms with E-state index >= 15 is 0 Å². The van der Waals surface area contributed by atoms with Gasteiger partial charge in [0.2, 0.25) is 0 Å². The molecular formula is C26H21ClFN3O3. The Morgan fingerprint density at radius 3 is 2.12 bits per heavy atom. The number of hydrogen-bond donors (Lipinski definition) is 2. The lowest BCUT2D eigenvalue weighted by Crippen LogP contribution is -2.33. The highest BCUT2D eigenvalue weighted by atomic mass is 35.5. The summed E-state index contributed by atoms with van der Waals surface area (Å²) >= 11 is 6.09. The molecular weight excluding hydrogens is 457 g/mol. The van der Waals surface area contributed by atoms with Crippen molar-refractivity contribution in [2.24, 2.45) is 0 Å². The molecule has 8 heteroatoms. The Balaban J connectivity index is 1.46. The van der Waals surface area contributed by atoms with Gasteiger partial charge in [0.05, 0.1) is 5.69 Å². The monoisotopic (exact) mass is 477 g/mol. The van der Waals surface area contributed by atoms with Crippen molar-refractivity contribution in [2.75, 3.05) is 15.5 Å². The second-order valence-corrected chi connectivity index (χ2v) is 8.40. The first-order valence-corrected chi connectivity index (χ1v) is 11.0. The van der Waals surface area contributed by atoms with Crippen molar-refractivity contribution in [3.05, 3.63) is 100 Å². The van der Waals surface area contributed by atoms with Gasteiger partial charge in [-0.2, -0.15) is 0 Å². The molecule has 0 radical (unpaired) electrons. The molecule has 0 fully saturated rings. The van der Waals surface area contributed by atoms with Crippen LogP contribution >= 0.6 is 11.6 Å². The number of halogens is 2. The van der Waals surface area contributed by atoms with Crippen LogP contribution in [0.15, 0.2) is 83.5 Å². The highest BCUT2D eigenvalue weighted by Gasteiger charge is 2.40. The van der Waals surface area contributed by atoms with Crippen LogP contribution < -0.4 is 15.5 Å². The van der Waals surface area contributed by atoms with E-state index in [1.807, 2.05) is 24.3 Å². The van der Waals surface area contributed by atoms with E-state index in [2.05, 4.69) is 24.5 Å². The summed E-state index contributed by atoms with van der Waals surface area (Å²) in [5, 5.41) is 5.29. The van der Waals surface area contributed by atoms with Gasteiger partial charge in [-0.15, -0.1) is 0 Å². The molecule has 0 saturated carbocycles. The van der Waals surface area contributed by atoms with Crippen molar-refractivity contribution in [3.63, 3.8) is 0 Å². The highest BCUT2D eigenvalue weighted by molar-refractivity contribution is 6.53. The summed E-state index contributed by atoms with van der Waals surface area (Å²) < 4.78 is 14.1. The molecule has 3 amide bonds. The molecule has 6 nitrogen and oxygen atoms in total. The summed E-state index contributed by atoms with van der Waals surface area (Å²) in [6.07, 6.45) is 0. The van der Waals surface area contributed by atoms with Gasteiger partial charge in [0.25, 0.3) is 17.7 Å². The maximum Gasteiger partial charge on any atom is 0.283 e. The van der Waals surface area contributed by atoms with E-state index < -0.39 is 17.6 Å². The molecule has 1 aliphatic rings. The standard InChI is InChI=1S/C26H21ClFN3O3/c1-15(2)16-7-11-19(12-8-16)30-24(32)17-9-13-18(14-10-17)29-23-22(27)25(33)31(26(23)34)21-6-4-3-5-20(21)28/h3-15,29H,1-2H3,(H,30,32). The third-order valence-electron chi connectivity index (χ3n) is 5.37. The van der Waals surface area contributed by atoms with E-state index in [0.717, 1.165) is 6.07 Å². The Kier molecular flexibility index (Phi) is 6.47. The van der Waals surface area contributed by atoms with Gasteiger partial charge in [0, 0.05) is 16.9 Å². The average Bonchev–Trinajstić information content (AvgIpc) is 3.03. The first kappa shape index (κ1) is 23.2. The number of para-hydroxylation sites is 1. The van der Waals surface area contributed by atoms with E-state index in [1.54, 1.807) is 24.3 Å². The van der Waals surface area contributed by atoms with Crippen molar-refractivity contribution in [2.45, 2.75) is 19.8 Å². The van der Waals surface area contributed by atoms with Crippen LogP contribution in [0.4, 0.5) is 21.5 Å². The topological polar surface area (TPSA) is 78.5 Å². The van der Waals surface area contributed by atoms with Crippen molar-refractivity contribution in [1.29, 1.82) is 0 Å². The molecule has 0 bridgehead atoms. The summed E-state index contributed by atoms with van der Waals surface area (Å²) in [7, 11) is 0. The number of amides is 3. The summed E-state index contributed by atoms with van der Waals surface area (Å²) in [5.41, 5.74) is 2.34. The summed E-state index contributed by atoms with van der Waals surface area (Å²) in [6.45, 7) is 4.19. The molecule has 0 aromatic heterocycles. The minimum atomic E-state index is -0.821. The first-order valence-electron chi connectivity index (χ1n) is 10.6. The number of benzene rings is 3. The molecule has 4 rings (SSSR count). The minimum absolute atomic E-state index is 0.169. The second kappa shape index (κ2) is 9.49. The van der Waals surface area contributed by atoms with Crippen LogP contribution in [0.25, 0.3) is 0 Å². The van der Waals surface area contributed by atoms with E-state index in [4.69, 9.17) is 11.6 Å². The molecule has 0 atom stereocenters. The number of carbonyl (C=O) groups excluding carboxylic acids is 3. The van der Waals surface area contributed by atoms with Crippen molar-refractivity contribution in [1.82, 2.24) is 0 Å². The first-order chi connectivity index (χ1) is 16.3. The Hall–Kier alpha value is -3.97. The van der Waals surface area contributed by atoms with E-state index in [1.165, 1.54) is 23.8 Å². The lowest BCUT2D eigenvalue weighted by molar-refractivity contribution is -0.120. The van der Waals surface area contributed by atoms with Crippen LogP contribution in [0.5, 0.6) is 0 Å². The number of imide groups is 1. The van der Waals surface area contributed by atoms with Crippen LogP contribution in [-0.4, -0.2) is 17.7 Å². The maximum atomic E-state index is 14.1. The van der Waals surface area contributed by atoms with E-state index in [-0.39, 0.29) is 22.3 Å². The largest absolute Gasteiger partial charge is 0.350 e. The molecule has 0 spiro atoms. The smallest absolute Gasteiger partial charge is 0.283 e. The molecule has 1 aliphatic heterocycles. The Bertz CT molecular complexity index is 1300. The zero-order chi connectivity index (χ0) is 24.4. The Morgan fingerprint density at radius 2 is 1.50 bits per heavy atom. The third-order valence-corrected chi connectivity index (χ3v) is 5.72. The lowest BCUT2D eigenvalue weighted by atomic mass is 10.0. The molecule has 0 unspecified atom stereocenters. The van der Waals surface area contributed by atoms with Gasteiger partial charge in [0.15, 0.2) is 0 Å². The number of rotatable bonds is 6. The van der Waals surface area contributed by atoms with Gasteiger partial charge in [-0.1, -0.05) is 49.7 Å². The van der Waals surface area contributed by atoms with Gasteiger partial charge >= 0.3 is 0 Å². The number of anilines is 3. The normalized spacial score (nSPS) is 13.6. The Labute approximate surface area is 201 Å². The SMILES string of the molecule is CC(C)c1ccc(NC(=O)c2ccc(NC3=C(Cl)C(=O)N(c4ccccc4F)C3=O)cc2)cc1. The average molecular weight is 478 g/mol. The molecule has 3 aromatic rings. The number of nitrogens with one attached hydrogen (secondary N) is 2. The predicted octanol–water partition coefficient (Wildman–Crippen LogP) is 5.64. The number of nitrogens with zero attached hydrogens (tertiary/aromatic N) is 1. The molecule has 0 saturated heterocycles. The van der Waals surface area contributed by atoms with Crippen LogP contribution in [-0.2, 0) is 9.59 Å². The molecule has 1 heterocycles. The zero-order valence-corrected chi connectivity index (χ0v) is 19.2. The molecule has 0 aliphatic carbocycles. The van der Waals surface area contributed by atoms with Gasteiger partial charge in [-0.25, -0.2) is 9.29 Å². The number of carbonyl (C=O) groups is 3. The van der Waals surface area contributed by atoms with Crippen molar-refractivity contribution >= 4 is 46.4 Å². The van der Waals surface area contributed by atoms with Crippen molar-refractivity contribution < 1.29 is 18.8 Å². The fraction of sp³-hybridized carbons (Fsp3) is 0.115. The van der Waals surface area contributed by atoms with Gasteiger partial charge in [-0.3, -0.25) is 14.4 Å². The minimum Gasteiger partial charge on any atom is -0.350 e. The zero-order valence-electron chi connectivity index (χ0n) is 18.4. The third kappa shape index (κ3) is 4.56. The van der Waals surface area contributed by atoms with Gasteiger partial charge in [0.1, 0.15) is 16.5 Å². The fourth-order valence-electron chi connectivity index (χ4n) is 3.47. The number of hydrogen-bond acceptors (Lipinski definition) is 4. The molecule has 3 aromatic carbocycles. The quantitative estimate of drug-likeness (QED) is 0.450. The van der Waals surface area contributed by atoms with Crippen molar-refractivity contribution in [3.8, 4) is 0 Å². The summed E-state index contributed by atoms with van der Waals surface area (Å²) in [4.78, 5) is 38.5. The summed E-state index contributed by atoms with van der Waals surface area (Å²) in [6, 6.07) is 19.4. The molecule has 172 valence electrons. The van der Waals surface area contributed by atoms with Gasteiger partial charge < -0.3 is 10.6 Å². The van der Waals surface area contributed by atoms with E-state index in [0.29, 0.717) is 27.8 Å². The fourth-order valence-corrected chi connectivity index (χ4v) is 3.68. The Morgan fingerprint density at radius 1 is 0.882 bits per heavy atom. The van der Waals surface area contributed by atoms with Crippen LogP contribution in [0.1, 0.15) is 35.7 Å². The second-order valence-electron chi connectivity index (χ2n) is 8.02. The van der Waals surface area contributed by atoms with Crippen LogP contribution in [0, 0.1) is 5.82 Å². The van der Waals surface area contributed by atoms with Crippen LogP contribution in [0.3, 0.4) is 0 Å². The van der Waals surface area contributed by atoms with Gasteiger partial charge in [-0.05, 0) is 60.0 Å². The molecule has 2 N–H and O–H groups in total. The lowest BCUT2D eigenvalue weighted by Gasteiger charge is -2.15. The predicted molar refractivity (Wildman–Crippen MR) is 130 cm³/mol. The summed E-state index contributed by atoms with van der Waals surface area (Å²) in [5.74, 6) is -2.21.